The second-order valence-electron chi connectivity index (χ2n) is 6.40. The molecule has 1 N–H and O–H groups in total. The van der Waals surface area contributed by atoms with E-state index in [9.17, 15) is 4.79 Å². The van der Waals surface area contributed by atoms with Crippen LogP contribution in [0.1, 0.15) is 10.4 Å². The summed E-state index contributed by atoms with van der Waals surface area (Å²) in [6.07, 6.45) is 1.62. The molecule has 0 radical (unpaired) electrons. The molecule has 0 unspecified atom stereocenters. The van der Waals surface area contributed by atoms with Crippen LogP contribution < -0.4 is 14.8 Å². The Kier molecular flexibility index (Phi) is 5.66. The number of benzene rings is 3. The quantitative estimate of drug-likeness (QED) is 0.484. The highest BCUT2D eigenvalue weighted by Crippen LogP contribution is 2.24. The molecule has 0 atom stereocenters. The number of para-hydroxylation sites is 1. The van der Waals surface area contributed by atoms with Gasteiger partial charge in [0.25, 0.3) is 5.91 Å². The average Bonchev–Trinajstić information content (AvgIpc) is 2.80. The van der Waals surface area contributed by atoms with Crippen LogP contribution in [0.3, 0.4) is 0 Å². The van der Waals surface area contributed by atoms with Gasteiger partial charge in [0.2, 0.25) is 5.88 Å². The smallest absolute Gasteiger partial charge is 0.255 e. The summed E-state index contributed by atoms with van der Waals surface area (Å²) in [5.74, 6) is 2.06. The molecule has 148 valence electrons. The van der Waals surface area contributed by atoms with Crippen molar-refractivity contribution in [1.82, 2.24) is 9.97 Å². The Labute approximate surface area is 174 Å². The molecule has 6 heteroatoms. The summed E-state index contributed by atoms with van der Waals surface area (Å²) in [5, 5.41) is 2.88. The van der Waals surface area contributed by atoms with Crippen LogP contribution in [0.25, 0.3) is 11.4 Å². The molecule has 0 bridgehead atoms. The van der Waals surface area contributed by atoms with Crippen LogP contribution in [-0.2, 0) is 0 Å². The van der Waals surface area contributed by atoms with E-state index in [0.717, 1.165) is 17.0 Å². The first-order valence-electron chi connectivity index (χ1n) is 9.33. The zero-order valence-corrected chi connectivity index (χ0v) is 16.3. The minimum Gasteiger partial charge on any atom is -0.497 e. The highest BCUT2D eigenvalue weighted by Gasteiger charge is 2.10. The Bertz CT molecular complexity index is 1150. The van der Waals surface area contributed by atoms with E-state index in [4.69, 9.17) is 9.47 Å². The first-order chi connectivity index (χ1) is 14.7. The van der Waals surface area contributed by atoms with Crippen LogP contribution in [-0.4, -0.2) is 23.0 Å². The topological polar surface area (TPSA) is 73.3 Å². The molecule has 1 heterocycles. The van der Waals surface area contributed by atoms with E-state index in [-0.39, 0.29) is 5.91 Å². The van der Waals surface area contributed by atoms with Gasteiger partial charge in [0, 0.05) is 29.1 Å². The third kappa shape index (κ3) is 4.62. The highest BCUT2D eigenvalue weighted by molar-refractivity contribution is 6.04. The van der Waals surface area contributed by atoms with Crippen LogP contribution in [0.5, 0.6) is 17.4 Å². The molecule has 0 fully saturated rings. The summed E-state index contributed by atoms with van der Waals surface area (Å²) in [5.41, 5.74) is 1.97. The van der Waals surface area contributed by atoms with E-state index < -0.39 is 0 Å². The molecule has 0 aliphatic rings. The molecule has 0 saturated carbocycles. The van der Waals surface area contributed by atoms with Crippen molar-refractivity contribution in [2.45, 2.75) is 0 Å². The fraction of sp³-hybridized carbons (Fsp3) is 0.0417. The van der Waals surface area contributed by atoms with Crippen molar-refractivity contribution < 1.29 is 14.3 Å². The fourth-order valence-electron chi connectivity index (χ4n) is 2.83. The minimum absolute atomic E-state index is 0.200. The van der Waals surface area contributed by atoms with E-state index in [1.165, 1.54) is 0 Å². The molecular formula is C24H19N3O3. The second-order valence-corrected chi connectivity index (χ2v) is 6.40. The average molecular weight is 397 g/mol. The van der Waals surface area contributed by atoms with Gasteiger partial charge in [-0.2, -0.15) is 4.98 Å². The molecule has 0 aliphatic carbocycles. The Morgan fingerprint density at radius 2 is 1.63 bits per heavy atom. The molecule has 0 saturated heterocycles. The number of carbonyl (C=O) groups excluding carboxylic acids is 1. The number of hydrogen-bond donors (Lipinski definition) is 1. The second kappa shape index (κ2) is 8.87. The van der Waals surface area contributed by atoms with E-state index in [1.807, 2.05) is 48.5 Å². The number of rotatable bonds is 6. The van der Waals surface area contributed by atoms with Gasteiger partial charge >= 0.3 is 0 Å². The van der Waals surface area contributed by atoms with Crippen molar-refractivity contribution in [2.24, 2.45) is 0 Å². The number of ether oxygens (including phenoxy) is 2. The molecule has 1 amide bonds. The van der Waals surface area contributed by atoms with Crippen molar-refractivity contribution in [3.05, 3.63) is 96.7 Å². The van der Waals surface area contributed by atoms with Crippen molar-refractivity contribution in [2.75, 3.05) is 12.4 Å². The van der Waals surface area contributed by atoms with Gasteiger partial charge in [-0.15, -0.1) is 0 Å². The number of aromatic nitrogens is 2. The largest absolute Gasteiger partial charge is 0.497 e. The third-order valence-corrected chi connectivity index (χ3v) is 4.33. The summed E-state index contributed by atoms with van der Waals surface area (Å²) in [6.45, 7) is 0. The number of anilines is 1. The molecule has 4 rings (SSSR count). The van der Waals surface area contributed by atoms with Crippen LogP contribution >= 0.6 is 0 Å². The first kappa shape index (κ1) is 19.1. The number of methoxy groups -OCH3 is 1. The maximum atomic E-state index is 12.6. The van der Waals surface area contributed by atoms with E-state index in [1.54, 1.807) is 49.7 Å². The minimum atomic E-state index is -0.200. The van der Waals surface area contributed by atoms with Crippen molar-refractivity contribution in [3.63, 3.8) is 0 Å². The molecule has 0 aliphatic heterocycles. The molecular weight excluding hydrogens is 378 g/mol. The standard InChI is InChI=1S/C24H19N3O3/c1-29-20-10-12-21(13-11-20)30-22-14-15-25-23(27-22)17-6-5-7-18(16-17)24(28)26-19-8-3-2-4-9-19/h2-16H,1H3,(H,26,28). The van der Waals surface area contributed by atoms with Gasteiger partial charge in [-0.1, -0.05) is 30.3 Å². The highest BCUT2D eigenvalue weighted by atomic mass is 16.5. The normalized spacial score (nSPS) is 10.3. The number of amides is 1. The Morgan fingerprint density at radius 1 is 0.867 bits per heavy atom. The lowest BCUT2D eigenvalue weighted by molar-refractivity contribution is 0.102. The van der Waals surface area contributed by atoms with E-state index in [2.05, 4.69) is 15.3 Å². The van der Waals surface area contributed by atoms with Crippen molar-refractivity contribution in [3.8, 4) is 28.8 Å². The first-order valence-corrected chi connectivity index (χ1v) is 9.33. The Morgan fingerprint density at radius 3 is 2.40 bits per heavy atom. The van der Waals surface area contributed by atoms with Crippen LogP contribution in [0.15, 0.2) is 91.1 Å². The van der Waals surface area contributed by atoms with Gasteiger partial charge in [0.05, 0.1) is 7.11 Å². The van der Waals surface area contributed by atoms with Gasteiger partial charge in [-0.3, -0.25) is 4.79 Å². The molecule has 6 nitrogen and oxygen atoms in total. The van der Waals surface area contributed by atoms with Crippen molar-refractivity contribution in [1.29, 1.82) is 0 Å². The zero-order chi connectivity index (χ0) is 20.8. The Balaban J connectivity index is 1.53. The number of carbonyl (C=O) groups is 1. The maximum absolute atomic E-state index is 12.6. The molecule has 30 heavy (non-hydrogen) atoms. The number of nitrogens with one attached hydrogen (secondary N) is 1. The van der Waals surface area contributed by atoms with Gasteiger partial charge < -0.3 is 14.8 Å². The predicted molar refractivity (Wildman–Crippen MR) is 115 cm³/mol. The monoisotopic (exact) mass is 397 g/mol. The predicted octanol–water partition coefficient (Wildman–Crippen LogP) is 5.20. The van der Waals surface area contributed by atoms with Crippen molar-refractivity contribution >= 4 is 11.6 Å². The zero-order valence-electron chi connectivity index (χ0n) is 16.3. The summed E-state index contributed by atoms with van der Waals surface area (Å²) >= 11 is 0. The summed E-state index contributed by atoms with van der Waals surface area (Å²) in [7, 11) is 1.61. The van der Waals surface area contributed by atoms with Gasteiger partial charge in [0.15, 0.2) is 5.82 Å². The molecule has 3 aromatic carbocycles. The van der Waals surface area contributed by atoms with Gasteiger partial charge in [-0.25, -0.2) is 4.98 Å². The fourth-order valence-corrected chi connectivity index (χ4v) is 2.83. The van der Waals surface area contributed by atoms with E-state index >= 15 is 0 Å². The van der Waals surface area contributed by atoms with Crippen LogP contribution in [0.2, 0.25) is 0 Å². The molecule has 4 aromatic rings. The third-order valence-electron chi connectivity index (χ3n) is 4.33. The summed E-state index contributed by atoms with van der Waals surface area (Å²) in [6, 6.07) is 25.4. The SMILES string of the molecule is COc1ccc(Oc2ccnc(-c3cccc(C(=O)Nc4ccccc4)c3)n2)cc1. The Hall–Kier alpha value is -4.19. The lowest BCUT2D eigenvalue weighted by Crippen LogP contribution is -2.11. The van der Waals surface area contributed by atoms with Crippen LogP contribution in [0.4, 0.5) is 5.69 Å². The molecule has 1 aromatic heterocycles. The number of hydrogen-bond acceptors (Lipinski definition) is 5. The lowest BCUT2D eigenvalue weighted by Gasteiger charge is -2.08. The lowest BCUT2D eigenvalue weighted by atomic mass is 10.1. The van der Waals surface area contributed by atoms with Gasteiger partial charge in [0.1, 0.15) is 11.5 Å². The molecule has 0 spiro atoms. The number of nitrogens with zero attached hydrogens (tertiary/aromatic N) is 2. The summed E-state index contributed by atoms with van der Waals surface area (Å²) < 4.78 is 11.0. The summed E-state index contributed by atoms with van der Waals surface area (Å²) in [4.78, 5) is 21.4. The maximum Gasteiger partial charge on any atom is 0.255 e. The van der Waals surface area contributed by atoms with Crippen LogP contribution in [0, 0.1) is 0 Å². The van der Waals surface area contributed by atoms with E-state index in [0.29, 0.717) is 23.0 Å². The van der Waals surface area contributed by atoms with Gasteiger partial charge in [-0.05, 0) is 48.5 Å².